The van der Waals surface area contributed by atoms with Crippen molar-refractivity contribution in [3.05, 3.63) is 29.8 Å². The molecule has 0 radical (unpaired) electrons. The molecule has 0 saturated heterocycles. The standard InChI is InChI=1S/C15H26N2/c1-13(2)9-11-17(3)10-5-7-14-6-4-8-15(16)12-14/h4,6,8,12-13H,5,7,9-11,16H2,1-3H3. The van der Waals surface area contributed by atoms with Gasteiger partial charge in [0.1, 0.15) is 0 Å². The summed E-state index contributed by atoms with van der Waals surface area (Å²) in [6, 6.07) is 8.21. The van der Waals surface area contributed by atoms with Crippen LogP contribution in [0.15, 0.2) is 24.3 Å². The van der Waals surface area contributed by atoms with Crippen molar-refractivity contribution in [2.45, 2.75) is 33.1 Å². The number of hydrogen-bond donors (Lipinski definition) is 1. The molecule has 0 amide bonds. The first-order valence-corrected chi connectivity index (χ1v) is 6.61. The molecule has 0 heterocycles. The maximum absolute atomic E-state index is 5.76. The van der Waals surface area contributed by atoms with E-state index >= 15 is 0 Å². The Morgan fingerprint density at radius 2 is 2.00 bits per heavy atom. The minimum absolute atomic E-state index is 0.798. The van der Waals surface area contributed by atoms with E-state index < -0.39 is 0 Å². The third-order valence-corrected chi connectivity index (χ3v) is 3.04. The van der Waals surface area contributed by atoms with Gasteiger partial charge in [-0.1, -0.05) is 26.0 Å². The fourth-order valence-electron chi connectivity index (χ4n) is 1.89. The van der Waals surface area contributed by atoms with Gasteiger partial charge in [0.2, 0.25) is 0 Å². The summed E-state index contributed by atoms with van der Waals surface area (Å²) in [6.07, 6.45) is 3.61. The lowest BCUT2D eigenvalue weighted by Gasteiger charge is -2.17. The van der Waals surface area contributed by atoms with Gasteiger partial charge in [-0.05, 0) is 63.0 Å². The summed E-state index contributed by atoms with van der Waals surface area (Å²) < 4.78 is 0. The number of hydrogen-bond acceptors (Lipinski definition) is 2. The molecule has 0 aliphatic carbocycles. The molecule has 0 bridgehead atoms. The Bertz CT molecular complexity index is 320. The molecular formula is C15H26N2. The lowest BCUT2D eigenvalue weighted by atomic mass is 10.1. The van der Waals surface area contributed by atoms with Crippen molar-refractivity contribution in [1.29, 1.82) is 0 Å². The van der Waals surface area contributed by atoms with Crippen LogP contribution in [0.25, 0.3) is 0 Å². The zero-order valence-corrected chi connectivity index (χ0v) is 11.4. The molecule has 0 aliphatic heterocycles. The fraction of sp³-hybridized carbons (Fsp3) is 0.600. The van der Waals surface area contributed by atoms with Crippen molar-refractivity contribution < 1.29 is 0 Å². The Kier molecular flexibility index (Phi) is 6.06. The number of benzene rings is 1. The second kappa shape index (κ2) is 7.33. The van der Waals surface area contributed by atoms with Crippen molar-refractivity contribution in [2.24, 2.45) is 5.92 Å². The summed E-state index contributed by atoms with van der Waals surface area (Å²) in [5.41, 5.74) is 7.98. The highest BCUT2D eigenvalue weighted by Gasteiger charge is 2.01. The highest BCUT2D eigenvalue weighted by molar-refractivity contribution is 5.40. The zero-order chi connectivity index (χ0) is 12.7. The smallest absolute Gasteiger partial charge is 0.0316 e. The van der Waals surface area contributed by atoms with Gasteiger partial charge < -0.3 is 10.6 Å². The number of aryl methyl sites for hydroxylation is 1. The van der Waals surface area contributed by atoms with Gasteiger partial charge in [0.25, 0.3) is 0 Å². The highest BCUT2D eigenvalue weighted by atomic mass is 15.1. The molecule has 1 aromatic carbocycles. The lowest BCUT2D eigenvalue weighted by Crippen LogP contribution is -2.22. The molecule has 1 rings (SSSR count). The van der Waals surface area contributed by atoms with Crippen LogP contribution < -0.4 is 5.73 Å². The summed E-state index contributed by atoms with van der Waals surface area (Å²) in [4.78, 5) is 2.42. The summed E-state index contributed by atoms with van der Waals surface area (Å²) >= 11 is 0. The van der Waals surface area contributed by atoms with E-state index in [0.29, 0.717) is 0 Å². The van der Waals surface area contributed by atoms with Crippen LogP contribution in [-0.2, 0) is 6.42 Å². The summed E-state index contributed by atoms with van der Waals surface area (Å²) in [5.74, 6) is 0.798. The minimum atomic E-state index is 0.798. The van der Waals surface area contributed by atoms with E-state index in [1.165, 1.54) is 31.5 Å². The average molecular weight is 234 g/mol. The van der Waals surface area contributed by atoms with E-state index in [2.05, 4.69) is 37.9 Å². The number of nitrogens with zero attached hydrogens (tertiary/aromatic N) is 1. The maximum Gasteiger partial charge on any atom is 0.0316 e. The predicted octanol–water partition coefficient (Wildman–Crippen LogP) is 3.18. The van der Waals surface area contributed by atoms with Gasteiger partial charge in [0.15, 0.2) is 0 Å². The van der Waals surface area contributed by atoms with Crippen molar-refractivity contribution in [2.75, 3.05) is 25.9 Å². The molecule has 2 N–H and O–H groups in total. The Hall–Kier alpha value is -1.02. The van der Waals surface area contributed by atoms with Crippen molar-refractivity contribution in [1.82, 2.24) is 4.90 Å². The van der Waals surface area contributed by atoms with Crippen LogP contribution in [0.3, 0.4) is 0 Å². The second-order valence-corrected chi connectivity index (χ2v) is 5.33. The molecule has 0 aliphatic rings. The highest BCUT2D eigenvalue weighted by Crippen LogP contribution is 2.09. The summed E-state index contributed by atoms with van der Waals surface area (Å²) in [5, 5.41) is 0. The number of nitrogen functional groups attached to an aromatic ring is 1. The van der Waals surface area contributed by atoms with Gasteiger partial charge in [-0.25, -0.2) is 0 Å². The first kappa shape index (κ1) is 14.0. The normalized spacial score (nSPS) is 11.4. The first-order valence-electron chi connectivity index (χ1n) is 6.61. The molecule has 0 saturated carbocycles. The van der Waals surface area contributed by atoms with Crippen LogP contribution in [0, 0.1) is 5.92 Å². The molecular weight excluding hydrogens is 208 g/mol. The molecule has 17 heavy (non-hydrogen) atoms. The molecule has 0 unspecified atom stereocenters. The number of nitrogens with two attached hydrogens (primary N) is 1. The molecule has 0 atom stereocenters. The zero-order valence-electron chi connectivity index (χ0n) is 11.4. The van der Waals surface area contributed by atoms with Crippen molar-refractivity contribution >= 4 is 5.69 Å². The summed E-state index contributed by atoms with van der Waals surface area (Å²) in [6.45, 7) is 6.93. The Balaban J connectivity index is 2.19. The van der Waals surface area contributed by atoms with Crippen molar-refractivity contribution in [3.8, 4) is 0 Å². The largest absolute Gasteiger partial charge is 0.399 e. The van der Waals surface area contributed by atoms with Gasteiger partial charge in [0, 0.05) is 5.69 Å². The van der Waals surface area contributed by atoms with E-state index in [1.54, 1.807) is 0 Å². The maximum atomic E-state index is 5.76. The first-order chi connectivity index (χ1) is 8.08. The molecule has 2 heteroatoms. The molecule has 2 nitrogen and oxygen atoms in total. The SMILES string of the molecule is CC(C)CCN(C)CCCc1cccc(N)c1. The van der Waals surface area contributed by atoms with Crippen LogP contribution in [-0.4, -0.2) is 25.0 Å². The predicted molar refractivity (Wildman–Crippen MR) is 76.1 cm³/mol. The summed E-state index contributed by atoms with van der Waals surface area (Å²) in [7, 11) is 2.21. The van der Waals surface area contributed by atoms with Crippen LogP contribution in [0.4, 0.5) is 5.69 Å². The van der Waals surface area contributed by atoms with Crippen LogP contribution in [0.5, 0.6) is 0 Å². The van der Waals surface area contributed by atoms with E-state index in [9.17, 15) is 0 Å². The second-order valence-electron chi connectivity index (χ2n) is 5.33. The molecule has 0 aromatic heterocycles. The van der Waals surface area contributed by atoms with Crippen LogP contribution in [0.1, 0.15) is 32.3 Å². The number of anilines is 1. The topological polar surface area (TPSA) is 29.3 Å². The van der Waals surface area contributed by atoms with E-state index in [4.69, 9.17) is 5.73 Å². The van der Waals surface area contributed by atoms with Gasteiger partial charge >= 0.3 is 0 Å². The van der Waals surface area contributed by atoms with E-state index in [0.717, 1.165) is 18.0 Å². The van der Waals surface area contributed by atoms with Crippen molar-refractivity contribution in [3.63, 3.8) is 0 Å². The Morgan fingerprint density at radius 1 is 1.24 bits per heavy atom. The lowest BCUT2D eigenvalue weighted by molar-refractivity contribution is 0.307. The Morgan fingerprint density at radius 3 is 2.65 bits per heavy atom. The third kappa shape index (κ3) is 6.32. The molecule has 1 aromatic rings. The van der Waals surface area contributed by atoms with Gasteiger partial charge in [-0.3, -0.25) is 0 Å². The molecule has 96 valence electrons. The Labute approximate surface area is 106 Å². The average Bonchev–Trinajstić information content (AvgIpc) is 2.26. The minimum Gasteiger partial charge on any atom is -0.399 e. The molecule has 0 fully saturated rings. The van der Waals surface area contributed by atoms with E-state index in [-0.39, 0.29) is 0 Å². The third-order valence-electron chi connectivity index (χ3n) is 3.04. The quantitative estimate of drug-likeness (QED) is 0.734. The van der Waals surface area contributed by atoms with Crippen LogP contribution in [0.2, 0.25) is 0 Å². The van der Waals surface area contributed by atoms with Crippen LogP contribution >= 0.6 is 0 Å². The van der Waals surface area contributed by atoms with Gasteiger partial charge in [-0.2, -0.15) is 0 Å². The number of rotatable bonds is 7. The molecule has 0 spiro atoms. The van der Waals surface area contributed by atoms with Gasteiger partial charge in [-0.15, -0.1) is 0 Å². The van der Waals surface area contributed by atoms with Gasteiger partial charge in [0.05, 0.1) is 0 Å². The monoisotopic (exact) mass is 234 g/mol. The fourth-order valence-corrected chi connectivity index (χ4v) is 1.89. The van der Waals surface area contributed by atoms with E-state index in [1.807, 2.05) is 12.1 Å².